The number of carbonyl (C=O) groups is 5. The second kappa shape index (κ2) is 39.5. The van der Waals surface area contributed by atoms with E-state index in [1.165, 1.54) is 29.3 Å². The Kier molecular flexibility index (Phi) is 28.5. The predicted molar refractivity (Wildman–Crippen MR) is 439 cm³/mol. The Hall–Kier alpha value is -11.2. The number of rotatable bonds is 25. The van der Waals surface area contributed by atoms with E-state index in [4.69, 9.17) is 35.0 Å². The minimum atomic E-state index is -1.18. The van der Waals surface area contributed by atoms with Crippen LogP contribution in [0.1, 0.15) is 174 Å². The first-order chi connectivity index (χ1) is 55.3. The second-order valence-corrected chi connectivity index (χ2v) is 30.0. The highest BCUT2D eigenvalue weighted by molar-refractivity contribution is 5.98. The van der Waals surface area contributed by atoms with E-state index in [1.54, 1.807) is 24.4 Å². The van der Waals surface area contributed by atoms with E-state index in [0.717, 1.165) is 180 Å². The van der Waals surface area contributed by atoms with Crippen molar-refractivity contribution in [2.45, 2.75) is 170 Å². The first-order valence-electron chi connectivity index (χ1n) is 40.0. The summed E-state index contributed by atoms with van der Waals surface area (Å²) in [6.45, 7) is 25.9. The Morgan fingerprint density at radius 1 is 0.553 bits per heavy atom. The normalized spacial score (nSPS) is 15.1. The standard InChI is InChI=1S/C40H48N10O3.C23H28N6O4.C23H31N3O2/c1-3-33-31(37(46-30-12-19-53-20-13-30)32-25-45-50(4-2)38(32)48-33)24-44-40(52)35-10-6-9-34(47-35)39(51)43-23-27-11-14-42-36(22-27)29-8-5-7-28(21-29)26-49-17-15-41-16-18-49;1-3-17-15(12-24-22(30)18-6-5-7-19(27-18)23(31)32)20(26-14-8-10-33-11-9-14)16-13-25-29(4-2)21(16)28-17;1-23(2,3)28-22(27)26-11-8-17(9-12-26)13-18-5-4-6-20(14-18)21-15-19(16-24)7-10-25-21/h5-11,14,21-22,25,30,41H,3-4,12-13,15-20,23-24,26H2,1-2H3,(H,43,51)(H,44,52)(H,46,48);5-7,13-14H,3-4,8-12H2,1-2H3,(H,24,30)(H,26,28)(H,31,32);4-7,10,14-15,17H,8-9,11-13,16,24H2,1-3H3. The molecule has 28 nitrogen and oxygen atoms in total. The zero-order chi connectivity index (χ0) is 80.1. The van der Waals surface area contributed by atoms with Crippen molar-refractivity contribution >= 4 is 63.2 Å². The van der Waals surface area contributed by atoms with Gasteiger partial charge in [0.05, 0.1) is 45.9 Å². The van der Waals surface area contributed by atoms with E-state index in [-0.39, 0.29) is 65.9 Å². The van der Waals surface area contributed by atoms with Gasteiger partial charge in [-0.15, -0.1) is 0 Å². The maximum Gasteiger partial charge on any atom is 0.410 e. The van der Waals surface area contributed by atoms with E-state index in [2.05, 4.69) is 128 Å². The third-order valence-electron chi connectivity index (χ3n) is 20.8. The van der Waals surface area contributed by atoms with Gasteiger partial charge in [-0.05, 0) is 181 Å². The molecule has 4 aliphatic heterocycles. The van der Waals surface area contributed by atoms with Gasteiger partial charge in [-0.3, -0.25) is 29.3 Å². The van der Waals surface area contributed by atoms with Crippen molar-refractivity contribution in [2.75, 3.05) is 76.3 Å². The molecule has 12 heterocycles. The fraction of sp³-hybridized carbons (Fsp3) is 0.430. The van der Waals surface area contributed by atoms with E-state index < -0.39 is 17.5 Å². The fourth-order valence-electron chi connectivity index (χ4n) is 14.7. The van der Waals surface area contributed by atoms with Gasteiger partial charge in [0.15, 0.2) is 11.3 Å². The van der Waals surface area contributed by atoms with Gasteiger partial charge in [-0.2, -0.15) is 10.2 Å². The number of piperidine rings is 1. The predicted octanol–water partition coefficient (Wildman–Crippen LogP) is 11.4. The summed E-state index contributed by atoms with van der Waals surface area (Å²) < 4.78 is 20.3. The highest BCUT2D eigenvalue weighted by atomic mass is 16.6. The number of nitrogens with zero attached hydrogens (tertiary/aromatic N) is 12. The smallest absolute Gasteiger partial charge is 0.410 e. The van der Waals surface area contributed by atoms with Crippen molar-refractivity contribution < 1.29 is 43.3 Å². The van der Waals surface area contributed by atoms with Gasteiger partial charge < -0.3 is 61.9 Å². The molecule has 2 aromatic carbocycles. The number of aryl methyl sites for hydroxylation is 4. The maximum absolute atomic E-state index is 13.5. The fourth-order valence-corrected chi connectivity index (χ4v) is 14.7. The molecule has 0 bridgehead atoms. The molecular formula is C86H107N19O9. The number of likely N-dealkylation sites (tertiary alicyclic amines) is 1. The van der Waals surface area contributed by atoms with Crippen molar-refractivity contribution in [3.05, 3.63) is 202 Å². The van der Waals surface area contributed by atoms with Crippen LogP contribution >= 0.6 is 0 Å². The first kappa shape index (κ1) is 82.3. The monoisotopic (exact) mass is 1550 g/mol. The van der Waals surface area contributed by atoms with E-state index >= 15 is 0 Å². The SMILES string of the molecule is CC(C)(C)OC(=O)N1CCC(Cc2cccc(-c3cc(CN)ccn3)c2)CC1.CCc1nc2c(cnn2CC)c(NC2CCOCC2)c1CNC(=O)c1cccc(C(=O)NCc2ccnc(-c3cccc(CN4CCNCC4)c3)c2)n1.CCc1nc2c(cnn2CC)c(NC2CCOCC2)c1CNC(=O)c1cccc(C(=O)O)n1. The summed E-state index contributed by atoms with van der Waals surface area (Å²) in [5.74, 6) is -1.78. The number of nitrogens with two attached hydrogens (primary N) is 1. The van der Waals surface area contributed by atoms with Crippen LogP contribution in [0.2, 0.25) is 0 Å². The molecular weight excluding hydrogens is 1440 g/mol. The van der Waals surface area contributed by atoms with Crippen LogP contribution in [-0.2, 0) is 79.3 Å². The number of aromatic carboxylic acids is 1. The molecule has 10 aromatic rings. The molecule has 4 amide bonds. The van der Waals surface area contributed by atoms with Crippen molar-refractivity contribution in [3.8, 4) is 22.5 Å². The number of amides is 4. The van der Waals surface area contributed by atoms with Crippen LogP contribution < -0.4 is 37.6 Å². The molecule has 14 rings (SSSR count). The van der Waals surface area contributed by atoms with Crippen LogP contribution in [0.15, 0.2) is 134 Å². The Labute approximate surface area is 665 Å². The minimum Gasteiger partial charge on any atom is -0.477 e. The summed E-state index contributed by atoms with van der Waals surface area (Å²) >= 11 is 0. The van der Waals surface area contributed by atoms with E-state index in [0.29, 0.717) is 71.4 Å². The number of carboxylic acids is 1. The second-order valence-electron chi connectivity index (χ2n) is 30.0. The molecule has 4 aliphatic rings. The summed E-state index contributed by atoms with van der Waals surface area (Å²) in [5, 5.41) is 39.8. The van der Waals surface area contributed by atoms with Gasteiger partial charge in [0.1, 0.15) is 28.4 Å². The molecule has 4 saturated heterocycles. The van der Waals surface area contributed by atoms with Gasteiger partial charge in [0, 0.05) is 170 Å². The summed E-state index contributed by atoms with van der Waals surface area (Å²) in [6, 6.07) is 34.7. The Balaban J connectivity index is 0.000000169. The van der Waals surface area contributed by atoms with E-state index in [9.17, 15) is 24.0 Å². The van der Waals surface area contributed by atoms with Gasteiger partial charge in [-0.1, -0.05) is 62.4 Å². The first-order valence-corrected chi connectivity index (χ1v) is 40.0. The van der Waals surface area contributed by atoms with Crippen LogP contribution in [0.3, 0.4) is 0 Å². The largest absolute Gasteiger partial charge is 0.477 e. The number of pyridine rings is 6. The molecule has 8 aromatic heterocycles. The lowest BCUT2D eigenvalue weighted by Gasteiger charge is -2.33. The van der Waals surface area contributed by atoms with Crippen molar-refractivity contribution in [3.63, 3.8) is 0 Å². The molecule has 0 spiro atoms. The molecule has 0 saturated carbocycles. The molecule has 114 heavy (non-hydrogen) atoms. The quantitative estimate of drug-likeness (QED) is 0.0263. The third-order valence-corrected chi connectivity index (χ3v) is 20.8. The summed E-state index contributed by atoms with van der Waals surface area (Å²) in [4.78, 5) is 94.5. The number of piperazine rings is 1. The van der Waals surface area contributed by atoms with Crippen molar-refractivity contribution in [2.24, 2.45) is 11.7 Å². The average molecular weight is 1550 g/mol. The lowest BCUT2D eigenvalue weighted by atomic mass is 9.89. The van der Waals surface area contributed by atoms with Gasteiger partial charge in [0.2, 0.25) is 0 Å². The summed E-state index contributed by atoms with van der Waals surface area (Å²) in [7, 11) is 0. The highest BCUT2D eigenvalue weighted by Gasteiger charge is 2.29. The van der Waals surface area contributed by atoms with Crippen LogP contribution in [0.5, 0.6) is 0 Å². The number of carbonyl (C=O) groups excluding carboxylic acids is 4. The van der Waals surface area contributed by atoms with Crippen LogP contribution in [-0.4, -0.2) is 178 Å². The number of hydrogen-bond acceptors (Lipinski definition) is 21. The number of ether oxygens (including phenoxy) is 3. The molecule has 28 heteroatoms. The lowest BCUT2D eigenvalue weighted by molar-refractivity contribution is 0.0183. The van der Waals surface area contributed by atoms with Crippen LogP contribution in [0, 0.1) is 5.92 Å². The zero-order valence-electron chi connectivity index (χ0n) is 66.5. The number of nitrogens with one attached hydrogen (secondary N) is 6. The Morgan fingerprint density at radius 2 is 1.02 bits per heavy atom. The van der Waals surface area contributed by atoms with Crippen molar-refractivity contribution in [1.29, 1.82) is 0 Å². The Bertz CT molecular complexity index is 4960. The number of fused-ring (bicyclic) bond motifs is 2. The van der Waals surface area contributed by atoms with E-state index in [1.807, 2.05) is 92.6 Å². The zero-order valence-corrected chi connectivity index (χ0v) is 66.5. The number of anilines is 2. The number of hydrogen-bond donors (Lipinski definition) is 8. The molecule has 4 fully saturated rings. The highest BCUT2D eigenvalue weighted by Crippen LogP contribution is 2.34. The third kappa shape index (κ3) is 21.8. The molecule has 0 aliphatic carbocycles. The number of aromatic nitrogens is 10. The van der Waals surface area contributed by atoms with Gasteiger partial charge in [0.25, 0.3) is 17.7 Å². The summed E-state index contributed by atoms with van der Waals surface area (Å²) in [5.41, 5.74) is 21.2. The molecule has 0 unspecified atom stereocenters. The lowest BCUT2D eigenvalue weighted by Crippen LogP contribution is -2.42. The topological polar surface area (TPSA) is 351 Å². The molecule has 0 atom stereocenters. The van der Waals surface area contributed by atoms with Crippen LogP contribution in [0.4, 0.5) is 16.2 Å². The van der Waals surface area contributed by atoms with Gasteiger partial charge >= 0.3 is 12.1 Å². The number of carboxylic acid groups (broad SMARTS) is 1. The average Bonchev–Trinajstić information content (AvgIpc) is 1.56. The summed E-state index contributed by atoms with van der Waals surface area (Å²) in [6.07, 6.45) is 15.0. The molecule has 9 N–H and O–H groups in total. The van der Waals surface area contributed by atoms with Gasteiger partial charge in [-0.25, -0.2) is 38.9 Å². The Morgan fingerprint density at radius 3 is 1.51 bits per heavy atom. The molecule has 600 valence electrons. The minimum absolute atomic E-state index is 0.0553. The number of benzene rings is 2. The van der Waals surface area contributed by atoms with Crippen LogP contribution in [0.25, 0.3) is 44.6 Å². The van der Waals surface area contributed by atoms with Crippen molar-refractivity contribution in [1.82, 2.24) is 80.5 Å². The maximum atomic E-state index is 13.5. The molecule has 0 radical (unpaired) electrons.